The zero-order valence-electron chi connectivity index (χ0n) is 17.8. The lowest BCUT2D eigenvalue weighted by molar-refractivity contribution is 0.251. The highest BCUT2D eigenvalue weighted by molar-refractivity contribution is 8.00. The summed E-state index contributed by atoms with van der Waals surface area (Å²) < 4.78 is 43.3. The van der Waals surface area contributed by atoms with E-state index in [0.717, 1.165) is 33.8 Å². The molecule has 0 aliphatic heterocycles. The minimum atomic E-state index is -1.56. The van der Waals surface area contributed by atoms with Crippen LogP contribution in [0.3, 0.4) is 0 Å². The maximum Gasteiger partial charge on any atom is 0.319 e. The molecule has 0 unspecified atom stereocenters. The Labute approximate surface area is 199 Å². The molecule has 4 nitrogen and oxygen atoms in total. The highest BCUT2D eigenvalue weighted by Crippen LogP contribution is 2.32. The summed E-state index contributed by atoms with van der Waals surface area (Å²) >= 11 is 1.48. The summed E-state index contributed by atoms with van der Waals surface area (Å²) in [4.78, 5) is 13.2. The second-order valence-electron chi connectivity index (χ2n) is 7.29. The van der Waals surface area contributed by atoms with Crippen molar-refractivity contribution < 1.29 is 18.0 Å². The van der Waals surface area contributed by atoms with Crippen LogP contribution in [0.2, 0.25) is 0 Å². The van der Waals surface area contributed by atoms with Crippen molar-refractivity contribution in [2.45, 2.75) is 11.4 Å². The third-order valence-electron chi connectivity index (χ3n) is 4.95. The van der Waals surface area contributed by atoms with Crippen molar-refractivity contribution in [1.82, 2.24) is 5.32 Å². The molecule has 0 bridgehead atoms. The molecule has 0 aliphatic carbocycles. The SMILES string of the molecule is O=C(NCc1ccc(F)c(F)c1F)Nc1ccc(NSc2ccccc2-c2ccccc2)cc1. The standard InChI is InChI=1S/C26H20F3N3OS/c27-22-15-10-18(24(28)25(22)29)16-30-26(33)31-19-11-13-20(14-12-19)32-34-23-9-5-4-8-21(23)17-6-2-1-3-7-17/h1-15,32H,16H2,(H2,30,31,33). The number of carbonyl (C=O) groups is 1. The van der Waals surface area contributed by atoms with E-state index < -0.39 is 23.5 Å². The van der Waals surface area contributed by atoms with Crippen LogP contribution in [0.25, 0.3) is 11.1 Å². The topological polar surface area (TPSA) is 53.2 Å². The smallest absolute Gasteiger partial charge is 0.319 e. The van der Waals surface area contributed by atoms with Crippen LogP contribution in [0.5, 0.6) is 0 Å². The van der Waals surface area contributed by atoms with Gasteiger partial charge in [0.15, 0.2) is 17.5 Å². The zero-order chi connectivity index (χ0) is 23.9. The minimum absolute atomic E-state index is 0.151. The molecule has 0 atom stereocenters. The molecule has 0 spiro atoms. The van der Waals surface area contributed by atoms with Crippen LogP contribution in [0, 0.1) is 17.5 Å². The van der Waals surface area contributed by atoms with E-state index in [0.29, 0.717) is 5.69 Å². The van der Waals surface area contributed by atoms with Crippen LogP contribution in [0.15, 0.2) is 95.9 Å². The number of anilines is 2. The Kier molecular flexibility index (Phi) is 7.39. The molecule has 0 saturated carbocycles. The second-order valence-corrected chi connectivity index (χ2v) is 8.13. The average Bonchev–Trinajstić information content (AvgIpc) is 2.87. The molecule has 0 radical (unpaired) electrons. The van der Waals surface area contributed by atoms with Gasteiger partial charge in [-0.3, -0.25) is 0 Å². The van der Waals surface area contributed by atoms with Crippen LogP contribution in [-0.4, -0.2) is 6.03 Å². The Morgan fingerprint density at radius 3 is 2.18 bits per heavy atom. The lowest BCUT2D eigenvalue weighted by atomic mass is 10.1. The number of hydrogen-bond acceptors (Lipinski definition) is 3. The molecule has 172 valence electrons. The van der Waals surface area contributed by atoms with Crippen LogP contribution >= 0.6 is 11.9 Å². The van der Waals surface area contributed by atoms with Crippen molar-refractivity contribution in [2.24, 2.45) is 0 Å². The van der Waals surface area contributed by atoms with Gasteiger partial charge in [-0.15, -0.1) is 0 Å². The van der Waals surface area contributed by atoms with E-state index in [1.807, 2.05) is 48.5 Å². The third kappa shape index (κ3) is 5.71. The Balaban J connectivity index is 1.32. The summed E-state index contributed by atoms with van der Waals surface area (Å²) in [6.45, 7) is -0.286. The Morgan fingerprint density at radius 1 is 0.735 bits per heavy atom. The largest absolute Gasteiger partial charge is 0.334 e. The van der Waals surface area contributed by atoms with Gasteiger partial charge in [-0.25, -0.2) is 18.0 Å². The van der Waals surface area contributed by atoms with E-state index in [-0.39, 0.29) is 12.1 Å². The molecular formula is C26H20F3N3OS. The summed E-state index contributed by atoms with van der Waals surface area (Å²) in [5.41, 5.74) is 3.45. The van der Waals surface area contributed by atoms with Crippen molar-refractivity contribution in [1.29, 1.82) is 0 Å². The molecule has 4 aromatic carbocycles. The number of hydrogen-bond donors (Lipinski definition) is 3. The lowest BCUT2D eigenvalue weighted by Gasteiger charge is -2.12. The molecule has 34 heavy (non-hydrogen) atoms. The fourth-order valence-corrected chi connectivity index (χ4v) is 4.01. The summed E-state index contributed by atoms with van der Waals surface area (Å²) in [6, 6.07) is 26.5. The van der Waals surface area contributed by atoms with Gasteiger partial charge in [0.1, 0.15) is 0 Å². The van der Waals surface area contributed by atoms with Crippen molar-refractivity contribution in [3.63, 3.8) is 0 Å². The van der Waals surface area contributed by atoms with E-state index in [9.17, 15) is 18.0 Å². The number of urea groups is 1. The fourth-order valence-electron chi connectivity index (χ4n) is 3.20. The van der Waals surface area contributed by atoms with E-state index in [1.54, 1.807) is 12.1 Å². The van der Waals surface area contributed by atoms with Crippen molar-refractivity contribution in [2.75, 3.05) is 10.0 Å². The average molecular weight is 480 g/mol. The van der Waals surface area contributed by atoms with Gasteiger partial charge in [-0.05, 0) is 59.5 Å². The maximum absolute atomic E-state index is 13.7. The number of halogens is 3. The summed E-state index contributed by atoms with van der Waals surface area (Å²) in [5.74, 6) is -4.16. The van der Waals surface area contributed by atoms with Crippen LogP contribution in [0.4, 0.5) is 29.3 Å². The summed E-state index contributed by atoms with van der Waals surface area (Å²) in [6.07, 6.45) is 0. The van der Waals surface area contributed by atoms with E-state index in [1.165, 1.54) is 11.9 Å². The molecule has 4 rings (SSSR count). The van der Waals surface area contributed by atoms with Gasteiger partial charge in [-0.2, -0.15) is 0 Å². The highest BCUT2D eigenvalue weighted by Gasteiger charge is 2.14. The quantitative estimate of drug-likeness (QED) is 0.194. The van der Waals surface area contributed by atoms with Crippen LogP contribution < -0.4 is 15.4 Å². The van der Waals surface area contributed by atoms with E-state index >= 15 is 0 Å². The first-order valence-electron chi connectivity index (χ1n) is 10.4. The predicted octanol–water partition coefficient (Wildman–Crippen LogP) is 7.21. The van der Waals surface area contributed by atoms with Gasteiger partial charge in [-0.1, -0.05) is 54.6 Å². The minimum Gasteiger partial charge on any atom is -0.334 e. The molecular weight excluding hydrogens is 459 g/mol. The first-order chi connectivity index (χ1) is 16.5. The first-order valence-corrected chi connectivity index (χ1v) is 11.2. The Morgan fingerprint density at radius 2 is 1.41 bits per heavy atom. The maximum atomic E-state index is 13.7. The molecule has 0 aromatic heterocycles. The first kappa shape index (κ1) is 23.3. The van der Waals surface area contributed by atoms with Crippen LogP contribution in [0.1, 0.15) is 5.56 Å². The number of rotatable bonds is 7. The second kappa shape index (κ2) is 10.8. The molecule has 0 saturated heterocycles. The van der Waals surface area contributed by atoms with Gasteiger partial charge in [0.05, 0.1) is 0 Å². The van der Waals surface area contributed by atoms with Gasteiger partial charge in [0, 0.05) is 28.4 Å². The van der Waals surface area contributed by atoms with Gasteiger partial charge in [0.25, 0.3) is 0 Å². The molecule has 0 aliphatic rings. The third-order valence-corrected chi connectivity index (χ3v) is 5.86. The summed E-state index contributed by atoms with van der Waals surface area (Å²) in [5, 5.41) is 5.03. The molecule has 2 amide bonds. The van der Waals surface area contributed by atoms with E-state index in [2.05, 4.69) is 33.6 Å². The molecule has 3 N–H and O–H groups in total. The predicted molar refractivity (Wildman–Crippen MR) is 130 cm³/mol. The molecule has 0 heterocycles. The monoisotopic (exact) mass is 479 g/mol. The Bertz CT molecular complexity index is 1280. The van der Waals surface area contributed by atoms with Crippen molar-refractivity contribution >= 4 is 29.4 Å². The number of carbonyl (C=O) groups excluding carboxylic acids is 1. The van der Waals surface area contributed by atoms with Gasteiger partial charge in [0.2, 0.25) is 0 Å². The zero-order valence-corrected chi connectivity index (χ0v) is 18.6. The summed E-state index contributed by atoms with van der Waals surface area (Å²) in [7, 11) is 0. The molecule has 8 heteroatoms. The fraction of sp³-hybridized carbons (Fsp3) is 0.0385. The highest BCUT2D eigenvalue weighted by atomic mass is 32.2. The lowest BCUT2D eigenvalue weighted by Crippen LogP contribution is -2.28. The van der Waals surface area contributed by atoms with Crippen LogP contribution in [-0.2, 0) is 6.54 Å². The molecule has 0 fully saturated rings. The Hall–Kier alpha value is -3.91. The normalized spacial score (nSPS) is 10.6. The van der Waals surface area contributed by atoms with E-state index in [4.69, 9.17) is 0 Å². The van der Waals surface area contributed by atoms with Crippen molar-refractivity contribution in [3.05, 3.63) is 114 Å². The van der Waals surface area contributed by atoms with Gasteiger partial charge < -0.3 is 15.4 Å². The number of nitrogens with one attached hydrogen (secondary N) is 3. The number of amides is 2. The van der Waals surface area contributed by atoms with Crippen molar-refractivity contribution in [3.8, 4) is 11.1 Å². The molecule has 4 aromatic rings. The van der Waals surface area contributed by atoms with Gasteiger partial charge >= 0.3 is 6.03 Å². The number of benzene rings is 4.